The van der Waals surface area contributed by atoms with Gasteiger partial charge < -0.3 is 10.0 Å². The zero-order valence-corrected chi connectivity index (χ0v) is 34.6. The van der Waals surface area contributed by atoms with Crippen molar-refractivity contribution < 1.29 is 5.11 Å². The number of aliphatic imine (C=N–C) groups is 1. The van der Waals surface area contributed by atoms with Crippen molar-refractivity contribution in [3.05, 3.63) is 240 Å². The molecule has 11 rings (SSSR count). The Morgan fingerprint density at radius 3 is 2.03 bits per heavy atom. The van der Waals surface area contributed by atoms with Crippen molar-refractivity contribution in [3.63, 3.8) is 0 Å². The number of pyridine rings is 1. The molecule has 0 saturated carbocycles. The molecule has 298 valence electrons. The highest BCUT2D eigenvalue weighted by Crippen LogP contribution is 2.57. The number of rotatable bonds is 8. The van der Waals surface area contributed by atoms with E-state index in [1.54, 1.807) is 12.1 Å². The number of anilines is 3. The van der Waals surface area contributed by atoms with Crippen LogP contribution in [0.5, 0.6) is 5.75 Å². The number of phenolic OH excluding ortho intramolecular Hbond substituents is 1. The molecule has 4 heteroatoms. The maximum absolute atomic E-state index is 10.3. The van der Waals surface area contributed by atoms with E-state index in [0.29, 0.717) is 5.92 Å². The van der Waals surface area contributed by atoms with Crippen LogP contribution in [0.2, 0.25) is 0 Å². The van der Waals surface area contributed by atoms with Gasteiger partial charge in [-0.3, -0.25) is 9.98 Å². The smallest absolute Gasteiger partial charge is 0.115 e. The number of nitrogens with zero attached hydrogens (tertiary/aromatic N) is 3. The zero-order chi connectivity index (χ0) is 41.6. The molecule has 1 N–H and O–H groups in total. The van der Waals surface area contributed by atoms with E-state index >= 15 is 0 Å². The Morgan fingerprint density at radius 1 is 0.629 bits per heavy atom. The third-order valence-electron chi connectivity index (χ3n) is 13.0. The van der Waals surface area contributed by atoms with Gasteiger partial charge in [0.1, 0.15) is 5.75 Å². The van der Waals surface area contributed by atoms with Crippen LogP contribution in [-0.4, -0.2) is 16.3 Å². The number of phenols is 1. The molecule has 62 heavy (non-hydrogen) atoms. The van der Waals surface area contributed by atoms with Crippen LogP contribution < -0.4 is 4.90 Å². The van der Waals surface area contributed by atoms with Crippen LogP contribution in [0.25, 0.3) is 39.5 Å². The molecule has 2 heterocycles. The quantitative estimate of drug-likeness (QED) is 0.167. The number of aromatic hydroxyl groups is 1. The third-order valence-corrected chi connectivity index (χ3v) is 13.0. The summed E-state index contributed by atoms with van der Waals surface area (Å²) in [6, 6.07) is 61.6. The summed E-state index contributed by atoms with van der Waals surface area (Å²) in [6.45, 7) is 2.27. The molecular weight excluding hydrogens is 755 g/mol. The molecule has 7 aromatic carbocycles. The molecule has 4 nitrogen and oxygen atoms in total. The number of benzene rings is 7. The number of hydrogen-bond donors (Lipinski definition) is 1. The first-order chi connectivity index (χ1) is 30.5. The molecule has 2 unspecified atom stereocenters. The summed E-state index contributed by atoms with van der Waals surface area (Å²) in [5.74, 6) is 0.927. The van der Waals surface area contributed by atoms with Crippen LogP contribution in [0.15, 0.2) is 206 Å². The Bertz CT molecular complexity index is 3010. The van der Waals surface area contributed by atoms with E-state index in [1.165, 1.54) is 50.1 Å². The molecule has 3 aliphatic rings. The maximum atomic E-state index is 10.3. The van der Waals surface area contributed by atoms with Gasteiger partial charge in [0.2, 0.25) is 0 Å². The number of aromatic nitrogens is 1. The molecule has 0 bridgehead atoms. The lowest BCUT2D eigenvalue weighted by molar-refractivity contribution is 0.475. The predicted octanol–water partition coefficient (Wildman–Crippen LogP) is 14.2. The monoisotopic (exact) mass is 799 g/mol. The third kappa shape index (κ3) is 6.38. The van der Waals surface area contributed by atoms with Crippen LogP contribution in [0.4, 0.5) is 17.1 Å². The highest BCUT2D eigenvalue weighted by Gasteiger charge is 2.46. The summed E-state index contributed by atoms with van der Waals surface area (Å²) in [6.07, 6.45) is 16.4. The molecule has 2 atom stereocenters. The van der Waals surface area contributed by atoms with Crippen LogP contribution in [0.1, 0.15) is 58.2 Å². The van der Waals surface area contributed by atoms with E-state index in [1.807, 2.05) is 36.8 Å². The number of allylic oxidation sites excluding steroid dienone is 2. The topological polar surface area (TPSA) is 48.7 Å². The van der Waals surface area contributed by atoms with Gasteiger partial charge in [0.25, 0.3) is 0 Å². The van der Waals surface area contributed by atoms with Crippen molar-refractivity contribution in [2.75, 3.05) is 4.90 Å². The molecular formula is C58H45N3O. The van der Waals surface area contributed by atoms with Gasteiger partial charge in [-0.2, -0.15) is 0 Å². The molecule has 0 spiro atoms. The fourth-order valence-corrected chi connectivity index (χ4v) is 10.1. The summed E-state index contributed by atoms with van der Waals surface area (Å²) in [7, 11) is 0. The van der Waals surface area contributed by atoms with Crippen molar-refractivity contribution in [3.8, 4) is 39.1 Å². The Balaban J connectivity index is 1.10. The van der Waals surface area contributed by atoms with Gasteiger partial charge >= 0.3 is 0 Å². The minimum atomic E-state index is -0.597. The van der Waals surface area contributed by atoms with Crippen LogP contribution >= 0.6 is 0 Å². The first kappa shape index (κ1) is 37.4. The highest BCUT2D eigenvalue weighted by atomic mass is 16.3. The summed E-state index contributed by atoms with van der Waals surface area (Å²) in [5, 5.41) is 10.3. The van der Waals surface area contributed by atoms with Gasteiger partial charge in [0.15, 0.2) is 0 Å². The predicted molar refractivity (Wildman–Crippen MR) is 256 cm³/mol. The largest absolute Gasteiger partial charge is 0.508 e. The molecule has 0 fully saturated rings. The highest BCUT2D eigenvalue weighted by molar-refractivity contribution is 5.89. The van der Waals surface area contributed by atoms with E-state index in [9.17, 15) is 5.11 Å². The van der Waals surface area contributed by atoms with Crippen molar-refractivity contribution in [1.29, 1.82) is 0 Å². The van der Waals surface area contributed by atoms with Crippen LogP contribution in [0.3, 0.4) is 0 Å². The Labute approximate surface area is 363 Å². The van der Waals surface area contributed by atoms with E-state index in [0.717, 1.165) is 52.2 Å². The number of fused-ring (bicyclic) bond motifs is 4. The first-order valence-corrected chi connectivity index (χ1v) is 21.6. The Kier molecular flexibility index (Phi) is 9.35. The average molecular weight is 800 g/mol. The Hall–Kier alpha value is -7.56. The van der Waals surface area contributed by atoms with Crippen LogP contribution in [-0.2, 0) is 11.8 Å². The minimum absolute atomic E-state index is 0.194. The van der Waals surface area contributed by atoms with Crippen molar-refractivity contribution in [2.24, 2.45) is 10.9 Å². The fourth-order valence-electron chi connectivity index (χ4n) is 10.1. The lowest BCUT2D eigenvalue weighted by Crippen LogP contribution is -2.28. The zero-order valence-electron chi connectivity index (χ0n) is 34.6. The molecule has 0 saturated heterocycles. The standard InChI is InChI=1S/C58H45N3O/c1-39-20-29-52-41(32-39)11-7-19-57(52)61(50-25-27-51(62)28-26-50)49-23-21-47(22-24-49)58(55-17-4-2-15-53(55)54-16-3-5-18-56(54)58)48-14-6-10-40(36-48)44-33-45(42-12-8-30-59-37-42)35-46(34-44)43-13-9-31-60-38-43/h2-12,14-31,33-39,43,62H,13,32H2,1H3. The summed E-state index contributed by atoms with van der Waals surface area (Å²) < 4.78 is 0. The fraction of sp³-hybridized carbons (Fsp3) is 0.103. The van der Waals surface area contributed by atoms with Gasteiger partial charge in [-0.15, -0.1) is 0 Å². The Morgan fingerprint density at radius 2 is 1.32 bits per heavy atom. The first-order valence-electron chi connectivity index (χ1n) is 21.6. The summed E-state index contributed by atoms with van der Waals surface area (Å²) >= 11 is 0. The van der Waals surface area contributed by atoms with Crippen molar-refractivity contribution in [2.45, 2.75) is 31.1 Å². The lowest BCUT2D eigenvalue weighted by atomic mass is 9.67. The van der Waals surface area contributed by atoms with Gasteiger partial charge in [-0.05, 0) is 141 Å². The SMILES string of the molecule is CC1C=Cc2c(cccc2N(c2ccc(O)cc2)c2ccc(C3(c4cccc(-c5cc(-c6cccnc6)cc(C6C=NC=CC6)c5)c4)c4ccccc4-c4ccccc43)cc2)C1. The molecule has 8 aromatic rings. The molecule has 1 aliphatic heterocycles. The van der Waals surface area contributed by atoms with Crippen LogP contribution in [0, 0.1) is 5.92 Å². The second-order valence-corrected chi connectivity index (χ2v) is 16.8. The van der Waals surface area contributed by atoms with E-state index < -0.39 is 5.41 Å². The van der Waals surface area contributed by atoms with Gasteiger partial charge in [0.05, 0.1) is 11.1 Å². The number of hydrogen-bond acceptors (Lipinski definition) is 4. The second-order valence-electron chi connectivity index (χ2n) is 16.8. The van der Waals surface area contributed by atoms with Gasteiger partial charge in [0, 0.05) is 53.2 Å². The summed E-state index contributed by atoms with van der Waals surface area (Å²) in [4.78, 5) is 11.3. The minimum Gasteiger partial charge on any atom is -0.508 e. The molecule has 2 aliphatic carbocycles. The molecule has 1 aromatic heterocycles. The maximum Gasteiger partial charge on any atom is 0.115 e. The average Bonchev–Trinajstić information content (AvgIpc) is 3.64. The van der Waals surface area contributed by atoms with Crippen molar-refractivity contribution >= 4 is 29.4 Å². The molecule has 0 radical (unpaired) electrons. The normalized spacial score (nSPS) is 16.7. The summed E-state index contributed by atoms with van der Waals surface area (Å²) in [5.41, 5.74) is 18.4. The lowest BCUT2D eigenvalue weighted by Gasteiger charge is -2.35. The van der Waals surface area contributed by atoms with Crippen molar-refractivity contribution in [1.82, 2.24) is 4.98 Å². The van der Waals surface area contributed by atoms with E-state index in [2.05, 4.69) is 186 Å². The van der Waals surface area contributed by atoms with Gasteiger partial charge in [-0.1, -0.05) is 134 Å². The van der Waals surface area contributed by atoms with E-state index in [-0.39, 0.29) is 11.7 Å². The second kappa shape index (κ2) is 15.5. The molecule has 0 amide bonds. The van der Waals surface area contributed by atoms with E-state index in [4.69, 9.17) is 0 Å². The van der Waals surface area contributed by atoms with Gasteiger partial charge in [-0.25, -0.2) is 0 Å².